The SMILES string of the molecule is C[C@H](Cc1ccco1)NS(=O)(=O)c1cc(C(=O)N2CCCC2)cs1. The van der Waals surface area contributed by atoms with Gasteiger partial charge in [0.05, 0.1) is 11.8 Å². The molecule has 3 heterocycles. The van der Waals surface area contributed by atoms with Gasteiger partial charge in [0.25, 0.3) is 5.91 Å². The second-order valence-electron chi connectivity index (χ2n) is 5.96. The highest BCUT2D eigenvalue weighted by Crippen LogP contribution is 2.23. The average Bonchev–Trinajstić information content (AvgIpc) is 3.28. The molecule has 0 aliphatic carbocycles. The maximum absolute atomic E-state index is 12.5. The van der Waals surface area contributed by atoms with E-state index in [1.807, 2.05) is 6.07 Å². The molecule has 1 amide bonds. The van der Waals surface area contributed by atoms with Crippen molar-refractivity contribution < 1.29 is 17.6 Å². The molecule has 1 aliphatic heterocycles. The van der Waals surface area contributed by atoms with Gasteiger partial charge in [-0.05, 0) is 38.0 Å². The molecule has 0 radical (unpaired) electrons. The molecular formula is C16H20N2O4S2. The van der Waals surface area contributed by atoms with Gasteiger partial charge in [-0.2, -0.15) is 0 Å². The van der Waals surface area contributed by atoms with Crippen molar-refractivity contribution in [1.82, 2.24) is 9.62 Å². The summed E-state index contributed by atoms with van der Waals surface area (Å²) in [6.07, 6.45) is 4.04. The second kappa shape index (κ2) is 7.08. The standard InChI is InChI=1S/C16H20N2O4S2/c1-12(9-14-5-4-8-22-14)17-24(20,21)15-10-13(11-23-15)16(19)18-6-2-3-7-18/h4-5,8,10-12,17H,2-3,6-7,9H2,1H3/t12-/m1/s1. The van der Waals surface area contributed by atoms with E-state index in [0.29, 0.717) is 12.0 Å². The second-order valence-corrected chi connectivity index (χ2v) is 8.81. The predicted octanol–water partition coefficient (Wildman–Crippen LogP) is 2.49. The Bertz CT molecular complexity index is 790. The van der Waals surface area contributed by atoms with Crippen molar-refractivity contribution in [2.75, 3.05) is 13.1 Å². The van der Waals surface area contributed by atoms with Gasteiger partial charge in [0.2, 0.25) is 10.0 Å². The molecule has 130 valence electrons. The molecule has 8 heteroatoms. The smallest absolute Gasteiger partial charge is 0.254 e. The highest BCUT2D eigenvalue weighted by Gasteiger charge is 2.25. The first kappa shape index (κ1) is 17.2. The normalized spacial score (nSPS) is 16.5. The first-order valence-electron chi connectivity index (χ1n) is 7.88. The number of nitrogens with one attached hydrogen (secondary N) is 1. The molecular weight excluding hydrogens is 348 g/mol. The molecule has 0 unspecified atom stereocenters. The number of furan rings is 1. The van der Waals surface area contributed by atoms with Crippen LogP contribution in [0, 0.1) is 0 Å². The van der Waals surface area contributed by atoms with E-state index in [9.17, 15) is 13.2 Å². The number of nitrogens with zero attached hydrogens (tertiary/aromatic N) is 1. The molecule has 1 aliphatic rings. The monoisotopic (exact) mass is 368 g/mol. The van der Waals surface area contributed by atoms with Crippen LogP contribution in [0.2, 0.25) is 0 Å². The lowest BCUT2D eigenvalue weighted by Crippen LogP contribution is -2.33. The van der Waals surface area contributed by atoms with Crippen molar-refractivity contribution in [3.8, 4) is 0 Å². The third-order valence-corrected chi connectivity index (χ3v) is 6.95. The molecule has 3 rings (SSSR count). The number of sulfonamides is 1. The molecule has 6 nitrogen and oxygen atoms in total. The minimum absolute atomic E-state index is 0.0890. The first-order chi connectivity index (χ1) is 11.5. The van der Waals surface area contributed by atoms with Gasteiger partial charge in [-0.15, -0.1) is 11.3 Å². The van der Waals surface area contributed by atoms with Crippen LogP contribution in [0.5, 0.6) is 0 Å². The van der Waals surface area contributed by atoms with E-state index in [1.165, 1.54) is 6.07 Å². The molecule has 1 fully saturated rings. The Balaban J connectivity index is 1.67. The van der Waals surface area contributed by atoms with Crippen LogP contribution in [0.4, 0.5) is 0 Å². The first-order valence-corrected chi connectivity index (χ1v) is 10.2. The fraction of sp³-hybridized carbons (Fsp3) is 0.438. The molecule has 1 atom stereocenters. The zero-order valence-corrected chi connectivity index (χ0v) is 15.0. The van der Waals surface area contributed by atoms with Crippen molar-refractivity contribution in [2.24, 2.45) is 0 Å². The summed E-state index contributed by atoms with van der Waals surface area (Å²) in [5, 5.41) is 1.62. The van der Waals surface area contributed by atoms with Gasteiger partial charge in [0.1, 0.15) is 9.97 Å². The summed E-state index contributed by atoms with van der Waals surface area (Å²) < 4.78 is 33.0. The summed E-state index contributed by atoms with van der Waals surface area (Å²) in [4.78, 5) is 14.1. The Kier molecular flexibility index (Phi) is 5.07. The highest BCUT2D eigenvalue weighted by atomic mass is 32.2. The van der Waals surface area contributed by atoms with Crippen LogP contribution < -0.4 is 4.72 Å². The van der Waals surface area contributed by atoms with Crippen LogP contribution in [0.15, 0.2) is 38.5 Å². The molecule has 1 saturated heterocycles. The van der Waals surface area contributed by atoms with Crippen LogP contribution in [0.3, 0.4) is 0 Å². The van der Waals surface area contributed by atoms with Crippen molar-refractivity contribution in [2.45, 2.75) is 36.4 Å². The van der Waals surface area contributed by atoms with E-state index in [0.717, 1.165) is 43.0 Å². The van der Waals surface area contributed by atoms with E-state index in [2.05, 4.69) is 4.72 Å². The third-order valence-electron chi connectivity index (χ3n) is 3.92. The highest BCUT2D eigenvalue weighted by molar-refractivity contribution is 7.91. The number of hydrogen-bond acceptors (Lipinski definition) is 5. The third kappa shape index (κ3) is 3.88. The molecule has 0 aromatic carbocycles. The molecule has 0 bridgehead atoms. The largest absolute Gasteiger partial charge is 0.469 e. The van der Waals surface area contributed by atoms with Crippen molar-refractivity contribution in [3.05, 3.63) is 41.2 Å². The molecule has 2 aromatic heterocycles. The summed E-state index contributed by atoms with van der Waals surface area (Å²) >= 11 is 1.07. The van der Waals surface area contributed by atoms with E-state index < -0.39 is 10.0 Å². The number of thiophene rings is 1. The van der Waals surface area contributed by atoms with Crippen LogP contribution in [0.25, 0.3) is 0 Å². The van der Waals surface area contributed by atoms with Crippen LogP contribution >= 0.6 is 11.3 Å². The van der Waals surface area contributed by atoms with E-state index in [4.69, 9.17) is 4.42 Å². The maximum Gasteiger partial charge on any atom is 0.254 e. The average molecular weight is 368 g/mol. The summed E-state index contributed by atoms with van der Waals surface area (Å²) in [5.41, 5.74) is 0.445. The number of likely N-dealkylation sites (tertiary alicyclic amines) is 1. The van der Waals surface area contributed by atoms with Gasteiger partial charge < -0.3 is 9.32 Å². The Morgan fingerprint density at radius 3 is 2.83 bits per heavy atom. The lowest BCUT2D eigenvalue weighted by molar-refractivity contribution is 0.0793. The van der Waals surface area contributed by atoms with Crippen molar-refractivity contribution >= 4 is 27.3 Å². The van der Waals surface area contributed by atoms with Crippen molar-refractivity contribution in [1.29, 1.82) is 0 Å². The van der Waals surface area contributed by atoms with Crippen LogP contribution in [-0.2, 0) is 16.4 Å². The van der Waals surface area contributed by atoms with Gasteiger partial charge in [-0.3, -0.25) is 4.79 Å². The van der Waals surface area contributed by atoms with Gasteiger partial charge in [0.15, 0.2) is 0 Å². The Hall–Kier alpha value is -1.64. The van der Waals surface area contributed by atoms with E-state index in [-0.39, 0.29) is 16.2 Å². The maximum atomic E-state index is 12.5. The van der Waals surface area contributed by atoms with E-state index >= 15 is 0 Å². The summed E-state index contributed by atoms with van der Waals surface area (Å²) in [6.45, 7) is 3.27. The Morgan fingerprint density at radius 1 is 1.42 bits per heavy atom. The number of rotatable bonds is 6. The Labute approximate surface area is 145 Å². The predicted molar refractivity (Wildman–Crippen MR) is 91.7 cm³/mol. The number of amides is 1. The minimum Gasteiger partial charge on any atom is -0.469 e. The van der Waals surface area contributed by atoms with Gasteiger partial charge in [-0.25, -0.2) is 13.1 Å². The molecule has 1 N–H and O–H groups in total. The number of carbonyl (C=O) groups is 1. The van der Waals surface area contributed by atoms with Gasteiger partial charge >= 0.3 is 0 Å². The molecule has 2 aromatic rings. The molecule has 24 heavy (non-hydrogen) atoms. The van der Waals surface area contributed by atoms with E-state index in [1.54, 1.807) is 29.5 Å². The lowest BCUT2D eigenvalue weighted by atomic mass is 10.2. The summed E-state index contributed by atoms with van der Waals surface area (Å²) in [6, 6.07) is 4.74. The fourth-order valence-electron chi connectivity index (χ4n) is 2.77. The zero-order valence-electron chi connectivity index (χ0n) is 13.4. The fourth-order valence-corrected chi connectivity index (χ4v) is 5.18. The number of hydrogen-bond donors (Lipinski definition) is 1. The molecule has 0 spiro atoms. The Morgan fingerprint density at radius 2 is 2.17 bits per heavy atom. The van der Waals surface area contributed by atoms with Gasteiger partial charge in [0, 0.05) is 30.9 Å². The van der Waals surface area contributed by atoms with Gasteiger partial charge in [-0.1, -0.05) is 0 Å². The van der Waals surface area contributed by atoms with Crippen LogP contribution in [-0.4, -0.2) is 38.4 Å². The lowest BCUT2D eigenvalue weighted by Gasteiger charge is -2.13. The minimum atomic E-state index is -3.64. The van der Waals surface area contributed by atoms with Crippen molar-refractivity contribution in [3.63, 3.8) is 0 Å². The summed E-state index contributed by atoms with van der Waals surface area (Å²) in [7, 11) is -3.64. The molecule has 0 saturated carbocycles. The number of carbonyl (C=O) groups excluding carboxylic acids is 1. The zero-order chi connectivity index (χ0) is 17.2. The quantitative estimate of drug-likeness (QED) is 0.849. The summed E-state index contributed by atoms with van der Waals surface area (Å²) in [5.74, 6) is 0.634. The van der Waals surface area contributed by atoms with Crippen LogP contribution in [0.1, 0.15) is 35.9 Å². The topological polar surface area (TPSA) is 79.6 Å².